The summed E-state index contributed by atoms with van der Waals surface area (Å²) in [6, 6.07) is 4.19. The van der Waals surface area contributed by atoms with Crippen LogP contribution in [0.2, 0.25) is 0 Å². The van der Waals surface area contributed by atoms with E-state index in [1.165, 1.54) is 37.7 Å². The number of ether oxygens (including phenoxy) is 2. The molecular weight excluding hydrogens is 330 g/mol. The first-order valence-corrected chi connectivity index (χ1v) is 8.59. The Morgan fingerprint density at radius 2 is 2.05 bits per heavy atom. The number of hydrogen-bond acceptors (Lipinski definition) is 3. The van der Waals surface area contributed by atoms with E-state index < -0.39 is 0 Å². The third kappa shape index (κ3) is 4.01. The largest absolute Gasteiger partial charge is 0.486 e. The van der Waals surface area contributed by atoms with Crippen molar-refractivity contribution >= 4 is 15.9 Å². The van der Waals surface area contributed by atoms with Crippen molar-refractivity contribution < 1.29 is 9.47 Å². The number of allylic oxidation sites excluding steroid dienone is 1. The van der Waals surface area contributed by atoms with Crippen LogP contribution in [0.1, 0.15) is 37.7 Å². The Morgan fingerprint density at radius 1 is 1.14 bits per heavy atom. The van der Waals surface area contributed by atoms with Gasteiger partial charge in [-0.3, -0.25) is 0 Å². The summed E-state index contributed by atoms with van der Waals surface area (Å²) in [6.07, 6.45) is 8.88. The minimum absolute atomic E-state index is 0.623. The average molecular weight is 352 g/mol. The van der Waals surface area contributed by atoms with Crippen molar-refractivity contribution in [2.75, 3.05) is 19.8 Å². The molecule has 1 heterocycles. The van der Waals surface area contributed by atoms with Crippen LogP contribution in [0.3, 0.4) is 0 Å². The summed E-state index contributed by atoms with van der Waals surface area (Å²) in [6.45, 7) is 3.16. The maximum absolute atomic E-state index is 5.65. The average Bonchev–Trinajstić information content (AvgIpc) is 2.53. The summed E-state index contributed by atoms with van der Waals surface area (Å²) >= 11 is 3.56. The fourth-order valence-electron chi connectivity index (χ4n) is 2.88. The van der Waals surface area contributed by atoms with E-state index in [9.17, 15) is 0 Å². The van der Waals surface area contributed by atoms with E-state index in [1.54, 1.807) is 5.57 Å². The van der Waals surface area contributed by atoms with E-state index in [1.807, 2.05) is 0 Å². The molecule has 1 aliphatic carbocycles. The van der Waals surface area contributed by atoms with Crippen molar-refractivity contribution in [3.05, 3.63) is 33.8 Å². The predicted molar refractivity (Wildman–Crippen MR) is 88.0 cm³/mol. The van der Waals surface area contributed by atoms with Gasteiger partial charge in [-0.25, -0.2) is 0 Å². The van der Waals surface area contributed by atoms with Gasteiger partial charge in [-0.2, -0.15) is 0 Å². The second kappa shape index (κ2) is 7.32. The van der Waals surface area contributed by atoms with Gasteiger partial charge >= 0.3 is 0 Å². The molecule has 0 aromatic heterocycles. The summed E-state index contributed by atoms with van der Waals surface area (Å²) in [4.78, 5) is 0. The highest BCUT2D eigenvalue weighted by Crippen LogP contribution is 2.38. The molecule has 0 atom stereocenters. The first-order valence-electron chi connectivity index (χ1n) is 7.79. The lowest BCUT2D eigenvalue weighted by Crippen LogP contribution is -2.18. The quantitative estimate of drug-likeness (QED) is 0.636. The van der Waals surface area contributed by atoms with Gasteiger partial charge in [0, 0.05) is 6.54 Å². The van der Waals surface area contributed by atoms with Crippen molar-refractivity contribution in [3.8, 4) is 11.5 Å². The smallest absolute Gasteiger partial charge is 0.175 e. The molecule has 0 unspecified atom stereocenters. The van der Waals surface area contributed by atoms with E-state index in [0.29, 0.717) is 13.2 Å². The van der Waals surface area contributed by atoms with E-state index in [2.05, 4.69) is 39.5 Å². The summed E-state index contributed by atoms with van der Waals surface area (Å²) in [7, 11) is 0. The Kier molecular flexibility index (Phi) is 5.20. The summed E-state index contributed by atoms with van der Waals surface area (Å²) < 4.78 is 12.2. The van der Waals surface area contributed by atoms with Crippen LogP contribution in [0.15, 0.2) is 28.3 Å². The zero-order valence-electron chi connectivity index (χ0n) is 12.3. The molecule has 0 amide bonds. The lowest BCUT2D eigenvalue weighted by atomic mass is 9.97. The Bertz CT molecular complexity index is 528. The minimum Gasteiger partial charge on any atom is -0.486 e. The Balaban J connectivity index is 1.51. The van der Waals surface area contributed by atoms with Gasteiger partial charge in [-0.15, -0.1) is 0 Å². The van der Waals surface area contributed by atoms with E-state index >= 15 is 0 Å². The summed E-state index contributed by atoms with van der Waals surface area (Å²) in [5, 5.41) is 3.52. The number of hydrogen-bond donors (Lipinski definition) is 1. The lowest BCUT2D eigenvalue weighted by molar-refractivity contribution is 0.170. The zero-order valence-corrected chi connectivity index (χ0v) is 13.9. The molecule has 0 saturated carbocycles. The van der Waals surface area contributed by atoms with Gasteiger partial charge in [0.2, 0.25) is 0 Å². The van der Waals surface area contributed by atoms with Gasteiger partial charge in [0.15, 0.2) is 11.5 Å². The highest BCUT2D eigenvalue weighted by atomic mass is 79.9. The number of nitrogens with one attached hydrogen (secondary N) is 1. The van der Waals surface area contributed by atoms with Crippen molar-refractivity contribution in [3.63, 3.8) is 0 Å². The molecule has 1 aromatic carbocycles. The SMILES string of the molecule is Brc1cc(CNCCC2=CCCCC2)cc2c1OCCO2. The maximum atomic E-state index is 5.65. The van der Waals surface area contributed by atoms with Crippen LogP contribution in [0.25, 0.3) is 0 Å². The topological polar surface area (TPSA) is 30.5 Å². The second-order valence-corrected chi connectivity index (χ2v) is 6.49. The van der Waals surface area contributed by atoms with E-state index in [4.69, 9.17) is 9.47 Å². The Labute approximate surface area is 134 Å². The molecule has 1 N–H and O–H groups in total. The molecule has 114 valence electrons. The van der Waals surface area contributed by atoms with Crippen LogP contribution in [0.5, 0.6) is 11.5 Å². The first kappa shape index (κ1) is 14.9. The molecule has 0 radical (unpaired) electrons. The number of fused-ring (bicyclic) bond motifs is 1. The van der Waals surface area contributed by atoms with Crippen LogP contribution in [0, 0.1) is 0 Å². The van der Waals surface area contributed by atoms with E-state index in [0.717, 1.165) is 29.1 Å². The van der Waals surface area contributed by atoms with Gasteiger partial charge in [-0.05, 0) is 72.3 Å². The number of benzene rings is 1. The molecule has 1 aromatic rings. The van der Waals surface area contributed by atoms with Crippen molar-refractivity contribution in [2.24, 2.45) is 0 Å². The van der Waals surface area contributed by atoms with Crippen molar-refractivity contribution in [2.45, 2.75) is 38.6 Å². The van der Waals surface area contributed by atoms with Crippen LogP contribution in [0.4, 0.5) is 0 Å². The monoisotopic (exact) mass is 351 g/mol. The summed E-state index contributed by atoms with van der Waals surface area (Å²) in [5.41, 5.74) is 2.85. The van der Waals surface area contributed by atoms with Gasteiger partial charge in [0.25, 0.3) is 0 Å². The fourth-order valence-corrected chi connectivity index (χ4v) is 3.48. The first-order chi connectivity index (χ1) is 10.3. The zero-order chi connectivity index (χ0) is 14.5. The van der Waals surface area contributed by atoms with Gasteiger partial charge in [0.05, 0.1) is 4.47 Å². The van der Waals surface area contributed by atoms with Crippen LogP contribution < -0.4 is 14.8 Å². The molecule has 4 heteroatoms. The lowest BCUT2D eigenvalue weighted by Gasteiger charge is -2.20. The molecule has 0 saturated heterocycles. The molecule has 0 fully saturated rings. The fraction of sp³-hybridized carbons (Fsp3) is 0.529. The van der Waals surface area contributed by atoms with Crippen LogP contribution >= 0.6 is 15.9 Å². The number of rotatable bonds is 5. The molecule has 0 bridgehead atoms. The third-order valence-corrected chi connectivity index (χ3v) is 4.58. The third-order valence-electron chi connectivity index (χ3n) is 3.99. The molecular formula is C17H22BrNO2. The molecule has 2 aliphatic rings. The molecule has 1 aliphatic heterocycles. The molecule has 21 heavy (non-hydrogen) atoms. The Hall–Kier alpha value is -1.00. The molecule has 0 spiro atoms. The van der Waals surface area contributed by atoms with E-state index in [-0.39, 0.29) is 0 Å². The van der Waals surface area contributed by atoms with Crippen molar-refractivity contribution in [1.82, 2.24) is 5.32 Å². The molecule has 3 nitrogen and oxygen atoms in total. The molecule has 3 rings (SSSR count). The highest BCUT2D eigenvalue weighted by Gasteiger charge is 2.16. The van der Waals surface area contributed by atoms with Gasteiger partial charge in [-0.1, -0.05) is 11.6 Å². The summed E-state index contributed by atoms with van der Waals surface area (Å²) in [5.74, 6) is 1.68. The predicted octanol–water partition coefficient (Wildman–Crippen LogP) is 4.20. The van der Waals surface area contributed by atoms with Gasteiger partial charge < -0.3 is 14.8 Å². The highest BCUT2D eigenvalue weighted by molar-refractivity contribution is 9.10. The minimum atomic E-state index is 0.623. The van der Waals surface area contributed by atoms with Crippen LogP contribution in [-0.4, -0.2) is 19.8 Å². The standard InChI is InChI=1S/C17H22BrNO2/c18-15-10-14(11-16-17(15)21-9-8-20-16)12-19-7-6-13-4-2-1-3-5-13/h4,10-11,19H,1-3,5-9,12H2. The van der Waals surface area contributed by atoms with Gasteiger partial charge in [0.1, 0.15) is 13.2 Å². The number of halogens is 1. The Morgan fingerprint density at radius 3 is 2.90 bits per heavy atom. The van der Waals surface area contributed by atoms with Crippen LogP contribution in [-0.2, 0) is 6.54 Å². The maximum Gasteiger partial charge on any atom is 0.175 e. The second-order valence-electron chi connectivity index (χ2n) is 5.64. The normalized spacial score (nSPS) is 17.5. The van der Waals surface area contributed by atoms with Crippen molar-refractivity contribution in [1.29, 1.82) is 0 Å².